The number of rotatable bonds is 11. The Bertz CT molecular complexity index is 1190. The molecular formula is C27H32N2O3S2. The third-order valence-electron chi connectivity index (χ3n) is 5.42. The summed E-state index contributed by atoms with van der Waals surface area (Å²) >= 11 is 1.83. The van der Waals surface area contributed by atoms with Crippen molar-refractivity contribution in [3.8, 4) is 0 Å². The molecule has 0 aliphatic carbocycles. The van der Waals surface area contributed by atoms with E-state index in [4.69, 9.17) is 0 Å². The maximum atomic E-state index is 13.4. The lowest BCUT2D eigenvalue weighted by molar-refractivity contribution is -0.119. The molecule has 0 aliphatic rings. The number of nitrogens with one attached hydrogen (secondary N) is 1. The summed E-state index contributed by atoms with van der Waals surface area (Å²) in [5.41, 5.74) is 4.98. The van der Waals surface area contributed by atoms with Crippen LogP contribution in [0.1, 0.15) is 28.7 Å². The Morgan fingerprint density at radius 1 is 0.912 bits per heavy atom. The van der Waals surface area contributed by atoms with Crippen LogP contribution in [-0.4, -0.2) is 33.2 Å². The quantitative estimate of drug-likeness (QED) is 0.368. The average molecular weight is 497 g/mol. The summed E-state index contributed by atoms with van der Waals surface area (Å²) in [5.74, 6) is 1.54. The van der Waals surface area contributed by atoms with Crippen LogP contribution in [0.15, 0.2) is 77.7 Å². The van der Waals surface area contributed by atoms with Gasteiger partial charge in [-0.3, -0.25) is 9.10 Å². The number of carbonyl (C=O) groups excluding carboxylic acids is 1. The van der Waals surface area contributed by atoms with Gasteiger partial charge in [0.25, 0.3) is 10.0 Å². The molecule has 1 amide bonds. The van der Waals surface area contributed by atoms with Gasteiger partial charge in [-0.25, -0.2) is 8.42 Å². The monoisotopic (exact) mass is 496 g/mol. The lowest BCUT2D eigenvalue weighted by atomic mass is 10.1. The van der Waals surface area contributed by atoms with E-state index < -0.39 is 10.0 Å². The van der Waals surface area contributed by atoms with Crippen molar-refractivity contribution < 1.29 is 13.2 Å². The minimum Gasteiger partial charge on any atom is -0.354 e. The average Bonchev–Trinajstić information content (AvgIpc) is 2.80. The molecule has 5 nitrogen and oxygen atoms in total. The molecule has 180 valence electrons. The predicted molar refractivity (Wildman–Crippen MR) is 142 cm³/mol. The van der Waals surface area contributed by atoms with Crippen LogP contribution in [0, 0.1) is 20.8 Å². The number of carbonyl (C=O) groups is 1. The van der Waals surface area contributed by atoms with E-state index in [1.807, 2.05) is 43.8 Å². The Hall–Kier alpha value is -2.77. The van der Waals surface area contributed by atoms with Gasteiger partial charge in [0.15, 0.2) is 0 Å². The van der Waals surface area contributed by atoms with Gasteiger partial charge < -0.3 is 5.32 Å². The number of sulfonamides is 1. The number of hydrogen-bond donors (Lipinski definition) is 1. The molecule has 0 spiro atoms. The van der Waals surface area contributed by atoms with E-state index in [1.165, 1.54) is 15.4 Å². The maximum absolute atomic E-state index is 13.4. The largest absolute Gasteiger partial charge is 0.354 e. The number of nitrogens with zero attached hydrogens (tertiary/aromatic N) is 1. The molecule has 0 heterocycles. The highest BCUT2D eigenvalue weighted by Gasteiger charge is 2.27. The van der Waals surface area contributed by atoms with E-state index in [2.05, 4.69) is 24.4 Å². The summed E-state index contributed by atoms with van der Waals surface area (Å²) in [6.07, 6.45) is 0.817. The zero-order valence-corrected chi connectivity index (χ0v) is 21.6. The Balaban J connectivity index is 1.61. The van der Waals surface area contributed by atoms with Crippen LogP contribution in [0.2, 0.25) is 0 Å². The van der Waals surface area contributed by atoms with Crippen molar-refractivity contribution in [3.05, 3.63) is 95.1 Å². The van der Waals surface area contributed by atoms with Crippen molar-refractivity contribution in [1.29, 1.82) is 0 Å². The van der Waals surface area contributed by atoms with Crippen LogP contribution in [-0.2, 0) is 20.6 Å². The molecule has 0 fully saturated rings. The number of aryl methyl sites for hydroxylation is 3. The number of benzene rings is 3. The number of hydrogen-bond acceptors (Lipinski definition) is 4. The highest BCUT2D eigenvalue weighted by molar-refractivity contribution is 7.98. The Morgan fingerprint density at radius 3 is 2.24 bits per heavy atom. The molecule has 3 aromatic carbocycles. The number of anilines is 1. The molecule has 0 unspecified atom stereocenters. The van der Waals surface area contributed by atoms with Crippen molar-refractivity contribution >= 4 is 33.4 Å². The second-order valence-corrected chi connectivity index (χ2v) is 11.3. The lowest BCUT2D eigenvalue weighted by Crippen LogP contribution is -2.41. The van der Waals surface area contributed by atoms with E-state index in [9.17, 15) is 13.2 Å². The molecule has 0 atom stereocenters. The van der Waals surface area contributed by atoms with Crippen LogP contribution in [0.4, 0.5) is 5.69 Å². The standard InChI is InChI=1S/C27H32N2O3S2/c1-21-16-22(2)18-25(17-21)29(34(31,32)26-12-5-4-6-13-26)19-27(30)28-14-9-15-33-20-24-11-8-7-10-23(24)3/h4-8,10-13,16-18H,9,14-15,19-20H2,1-3H3,(H,28,30). The first kappa shape index (κ1) is 25.8. The van der Waals surface area contributed by atoms with E-state index in [-0.39, 0.29) is 17.3 Å². The SMILES string of the molecule is Cc1cc(C)cc(N(CC(=O)NCCCSCc2ccccc2C)S(=O)(=O)c2ccccc2)c1. The van der Waals surface area contributed by atoms with Gasteiger partial charge >= 0.3 is 0 Å². The van der Waals surface area contributed by atoms with E-state index in [1.54, 1.807) is 42.5 Å². The molecule has 0 saturated heterocycles. The highest BCUT2D eigenvalue weighted by Crippen LogP contribution is 2.25. The van der Waals surface area contributed by atoms with Gasteiger partial charge in [-0.05, 0) is 79.5 Å². The van der Waals surface area contributed by atoms with Gasteiger partial charge in [0.05, 0.1) is 10.6 Å². The molecule has 0 aliphatic heterocycles. The summed E-state index contributed by atoms with van der Waals surface area (Å²) in [5, 5.41) is 2.89. The fourth-order valence-corrected chi connectivity index (χ4v) is 6.13. The zero-order valence-electron chi connectivity index (χ0n) is 20.0. The first-order chi connectivity index (χ1) is 16.3. The topological polar surface area (TPSA) is 66.5 Å². The van der Waals surface area contributed by atoms with Crippen molar-refractivity contribution in [2.75, 3.05) is 23.1 Å². The third kappa shape index (κ3) is 7.11. The van der Waals surface area contributed by atoms with E-state index in [0.29, 0.717) is 12.2 Å². The van der Waals surface area contributed by atoms with Crippen molar-refractivity contribution in [2.24, 2.45) is 0 Å². The minimum atomic E-state index is -3.89. The fourth-order valence-electron chi connectivity index (χ4n) is 3.67. The predicted octanol–water partition coefficient (Wildman–Crippen LogP) is 5.25. The van der Waals surface area contributed by atoms with Gasteiger partial charge in [-0.2, -0.15) is 11.8 Å². The Kier molecular flexibility index (Phi) is 9.19. The Morgan fingerprint density at radius 2 is 1.56 bits per heavy atom. The second kappa shape index (κ2) is 12.1. The van der Waals surface area contributed by atoms with Gasteiger partial charge in [-0.15, -0.1) is 0 Å². The molecule has 0 saturated carbocycles. The first-order valence-corrected chi connectivity index (χ1v) is 13.9. The molecule has 0 aromatic heterocycles. The Labute approximate surface area is 207 Å². The van der Waals surface area contributed by atoms with Gasteiger partial charge in [0, 0.05) is 12.3 Å². The normalized spacial score (nSPS) is 11.3. The maximum Gasteiger partial charge on any atom is 0.264 e. The van der Waals surface area contributed by atoms with Crippen LogP contribution >= 0.6 is 11.8 Å². The van der Waals surface area contributed by atoms with Crippen LogP contribution < -0.4 is 9.62 Å². The summed E-state index contributed by atoms with van der Waals surface area (Å²) in [4.78, 5) is 12.9. The molecular weight excluding hydrogens is 464 g/mol. The smallest absolute Gasteiger partial charge is 0.264 e. The molecule has 7 heteroatoms. The second-order valence-electron chi connectivity index (χ2n) is 8.35. The van der Waals surface area contributed by atoms with E-state index in [0.717, 1.165) is 29.1 Å². The number of thioether (sulfide) groups is 1. The van der Waals surface area contributed by atoms with Crippen LogP contribution in [0.25, 0.3) is 0 Å². The van der Waals surface area contributed by atoms with Gasteiger partial charge in [-0.1, -0.05) is 48.5 Å². The summed E-state index contributed by atoms with van der Waals surface area (Å²) in [6, 6.07) is 22.1. The number of amides is 1. The van der Waals surface area contributed by atoms with E-state index >= 15 is 0 Å². The van der Waals surface area contributed by atoms with Gasteiger partial charge in [0.1, 0.15) is 6.54 Å². The van der Waals surface area contributed by atoms with Crippen molar-refractivity contribution in [1.82, 2.24) is 5.32 Å². The summed E-state index contributed by atoms with van der Waals surface area (Å²) < 4.78 is 28.0. The fraction of sp³-hybridized carbons (Fsp3) is 0.296. The summed E-state index contributed by atoms with van der Waals surface area (Å²) in [7, 11) is -3.89. The molecule has 3 aromatic rings. The van der Waals surface area contributed by atoms with Gasteiger partial charge in [0.2, 0.25) is 5.91 Å². The first-order valence-electron chi connectivity index (χ1n) is 11.3. The zero-order chi connectivity index (χ0) is 24.6. The molecule has 34 heavy (non-hydrogen) atoms. The molecule has 0 radical (unpaired) electrons. The van der Waals surface area contributed by atoms with Crippen LogP contribution in [0.3, 0.4) is 0 Å². The van der Waals surface area contributed by atoms with Crippen molar-refractivity contribution in [2.45, 2.75) is 37.8 Å². The molecule has 0 bridgehead atoms. The molecule has 1 N–H and O–H groups in total. The highest BCUT2D eigenvalue weighted by atomic mass is 32.2. The third-order valence-corrected chi connectivity index (χ3v) is 8.30. The lowest BCUT2D eigenvalue weighted by Gasteiger charge is -2.25. The van der Waals surface area contributed by atoms with Crippen molar-refractivity contribution in [3.63, 3.8) is 0 Å². The minimum absolute atomic E-state index is 0.162. The summed E-state index contributed by atoms with van der Waals surface area (Å²) in [6.45, 7) is 6.18. The van der Waals surface area contributed by atoms with Crippen LogP contribution in [0.5, 0.6) is 0 Å². The molecule has 3 rings (SSSR count).